The van der Waals surface area contributed by atoms with Crippen LogP contribution in [0.5, 0.6) is 0 Å². The fourth-order valence-electron chi connectivity index (χ4n) is 1.66. The van der Waals surface area contributed by atoms with Gasteiger partial charge in [-0.2, -0.15) is 0 Å². The number of aromatic nitrogens is 4. The van der Waals surface area contributed by atoms with E-state index in [4.69, 9.17) is 0 Å². The monoisotopic (exact) mass is 293 g/mol. The van der Waals surface area contributed by atoms with Crippen LogP contribution in [0.25, 0.3) is 0 Å². The third kappa shape index (κ3) is 3.22. The lowest BCUT2D eigenvalue weighted by Gasteiger charge is -2.14. The van der Waals surface area contributed by atoms with Crippen LogP contribution in [0.15, 0.2) is 5.38 Å². The number of rotatable bonds is 3. The number of nitrogens with zero attached hydrogens (tertiary/aromatic N) is 4. The Kier molecular flexibility index (Phi) is 3.89. The zero-order chi connectivity index (χ0) is 14.9. The van der Waals surface area contributed by atoms with Crippen molar-refractivity contribution in [2.45, 2.75) is 39.7 Å². The molecule has 0 bridgehead atoms. The van der Waals surface area contributed by atoms with Crippen molar-refractivity contribution in [3.8, 4) is 0 Å². The minimum atomic E-state index is -0.206. The van der Waals surface area contributed by atoms with Crippen molar-refractivity contribution in [2.24, 2.45) is 0 Å². The molecule has 108 valence electrons. The molecule has 0 aliphatic heterocycles. The molecule has 0 fully saturated rings. The van der Waals surface area contributed by atoms with Crippen LogP contribution in [0, 0.1) is 6.92 Å². The van der Waals surface area contributed by atoms with Gasteiger partial charge in [0.05, 0.1) is 17.2 Å². The van der Waals surface area contributed by atoms with E-state index >= 15 is 0 Å². The van der Waals surface area contributed by atoms with Crippen LogP contribution >= 0.6 is 11.3 Å². The number of amides is 1. The number of H-pyrrole nitrogens is 1. The highest BCUT2D eigenvalue weighted by Gasteiger charge is 2.23. The molecule has 0 saturated heterocycles. The standard InChI is InChI=1S/C13H19N5OS/c1-8-14-9(7-20-8)6-18(5)11(19)10-15-12(17-16-10)13(2,3)4/h7H,6H2,1-5H3,(H,15,16,17). The Bertz CT molecular complexity index is 610. The Morgan fingerprint density at radius 3 is 2.60 bits per heavy atom. The summed E-state index contributed by atoms with van der Waals surface area (Å²) in [7, 11) is 1.73. The molecule has 2 aromatic heterocycles. The number of nitrogens with one attached hydrogen (secondary N) is 1. The van der Waals surface area contributed by atoms with E-state index in [-0.39, 0.29) is 17.1 Å². The van der Waals surface area contributed by atoms with Crippen LogP contribution < -0.4 is 0 Å². The van der Waals surface area contributed by atoms with E-state index < -0.39 is 0 Å². The number of hydrogen-bond donors (Lipinski definition) is 1. The molecule has 6 nitrogen and oxygen atoms in total. The first kappa shape index (κ1) is 14.6. The Balaban J connectivity index is 2.09. The summed E-state index contributed by atoms with van der Waals surface area (Å²) in [6.45, 7) is 8.46. The number of hydrogen-bond acceptors (Lipinski definition) is 5. The summed E-state index contributed by atoms with van der Waals surface area (Å²) >= 11 is 1.57. The largest absolute Gasteiger partial charge is 0.333 e. The minimum Gasteiger partial charge on any atom is -0.333 e. The van der Waals surface area contributed by atoms with Crippen LogP contribution in [-0.2, 0) is 12.0 Å². The molecular weight excluding hydrogens is 274 g/mol. The van der Waals surface area contributed by atoms with E-state index in [1.807, 2.05) is 33.1 Å². The van der Waals surface area contributed by atoms with Gasteiger partial charge in [-0.25, -0.2) is 9.97 Å². The molecule has 0 radical (unpaired) electrons. The number of aryl methyl sites for hydroxylation is 1. The maximum Gasteiger partial charge on any atom is 0.293 e. The second-order valence-corrected chi connectivity index (χ2v) is 6.84. The highest BCUT2D eigenvalue weighted by atomic mass is 32.1. The lowest BCUT2D eigenvalue weighted by atomic mass is 9.96. The maximum absolute atomic E-state index is 12.3. The second-order valence-electron chi connectivity index (χ2n) is 5.78. The van der Waals surface area contributed by atoms with E-state index in [0.717, 1.165) is 10.7 Å². The molecule has 0 aromatic carbocycles. The van der Waals surface area contributed by atoms with E-state index in [2.05, 4.69) is 20.2 Å². The summed E-state index contributed by atoms with van der Waals surface area (Å²) in [5.74, 6) is 0.700. The molecular formula is C13H19N5OS. The third-order valence-electron chi connectivity index (χ3n) is 2.80. The third-order valence-corrected chi connectivity index (χ3v) is 3.62. The van der Waals surface area contributed by atoms with Crippen LogP contribution in [0.3, 0.4) is 0 Å². The summed E-state index contributed by atoms with van der Waals surface area (Å²) in [5, 5.41) is 9.78. The molecule has 20 heavy (non-hydrogen) atoms. The predicted molar refractivity (Wildman–Crippen MR) is 77.7 cm³/mol. The second kappa shape index (κ2) is 5.32. The van der Waals surface area contributed by atoms with Crippen LogP contribution in [0.1, 0.15) is 47.9 Å². The Morgan fingerprint density at radius 1 is 1.40 bits per heavy atom. The summed E-state index contributed by atoms with van der Waals surface area (Å²) in [6.07, 6.45) is 0. The van der Waals surface area contributed by atoms with E-state index in [1.54, 1.807) is 23.3 Å². The van der Waals surface area contributed by atoms with Gasteiger partial charge in [0.1, 0.15) is 5.82 Å². The van der Waals surface area contributed by atoms with E-state index in [0.29, 0.717) is 12.4 Å². The average molecular weight is 293 g/mol. The van der Waals surface area contributed by atoms with Crippen molar-refractivity contribution < 1.29 is 4.79 Å². The highest BCUT2D eigenvalue weighted by molar-refractivity contribution is 7.09. The molecule has 0 aliphatic carbocycles. The van der Waals surface area contributed by atoms with Gasteiger partial charge in [0.2, 0.25) is 5.82 Å². The van der Waals surface area contributed by atoms with Crippen LogP contribution in [-0.4, -0.2) is 38.0 Å². The first-order chi connectivity index (χ1) is 9.27. The van der Waals surface area contributed by atoms with Crippen LogP contribution in [0.4, 0.5) is 0 Å². The maximum atomic E-state index is 12.3. The van der Waals surface area contributed by atoms with Gasteiger partial charge >= 0.3 is 0 Å². The molecule has 0 unspecified atom stereocenters. The first-order valence-corrected chi connectivity index (χ1v) is 7.24. The minimum absolute atomic E-state index is 0.157. The van der Waals surface area contributed by atoms with Gasteiger partial charge in [-0.05, 0) is 6.92 Å². The molecule has 1 N–H and O–H groups in total. The fraction of sp³-hybridized carbons (Fsp3) is 0.538. The average Bonchev–Trinajstić information content (AvgIpc) is 2.96. The first-order valence-electron chi connectivity index (χ1n) is 6.36. The molecule has 0 saturated carbocycles. The van der Waals surface area contributed by atoms with Gasteiger partial charge in [-0.1, -0.05) is 20.8 Å². The molecule has 2 aromatic rings. The zero-order valence-electron chi connectivity index (χ0n) is 12.4. The van der Waals surface area contributed by atoms with Crippen molar-refractivity contribution in [2.75, 3.05) is 7.05 Å². The van der Waals surface area contributed by atoms with Crippen molar-refractivity contribution in [3.63, 3.8) is 0 Å². The van der Waals surface area contributed by atoms with Crippen molar-refractivity contribution in [1.29, 1.82) is 0 Å². The summed E-state index contributed by atoms with van der Waals surface area (Å²) in [4.78, 5) is 22.4. The zero-order valence-corrected chi connectivity index (χ0v) is 13.2. The van der Waals surface area contributed by atoms with E-state index in [1.165, 1.54) is 0 Å². The Morgan fingerprint density at radius 2 is 2.10 bits per heavy atom. The summed E-state index contributed by atoms with van der Waals surface area (Å²) in [5.41, 5.74) is 0.728. The molecule has 0 aliphatic rings. The number of carbonyl (C=O) groups is 1. The Labute approximate surface area is 122 Å². The van der Waals surface area contributed by atoms with Gasteiger partial charge in [-0.15, -0.1) is 16.4 Å². The lowest BCUT2D eigenvalue weighted by molar-refractivity contribution is 0.0772. The molecule has 2 heterocycles. The van der Waals surface area contributed by atoms with Crippen molar-refractivity contribution in [3.05, 3.63) is 27.7 Å². The summed E-state index contributed by atoms with van der Waals surface area (Å²) in [6, 6.07) is 0. The number of carbonyl (C=O) groups excluding carboxylic acids is 1. The van der Waals surface area contributed by atoms with Gasteiger partial charge < -0.3 is 4.90 Å². The van der Waals surface area contributed by atoms with Crippen molar-refractivity contribution in [1.82, 2.24) is 25.1 Å². The van der Waals surface area contributed by atoms with Gasteiger partial charge in [0.15, 0.2) is 0 Å². The highest BCUT2D eigenvalue weighted by Crippen LogP contribution is 2.18. The molecule has 0 spiro atoms. The number of thiazole rings is 1. The predicted octanol–water partition coefficient (Wildman–Crippen LogP) is 2.14. The van der Waals surface area contributed by atoms with Gasteiger partial charge in [0, 0.05) is 17.8 Å². The quantitative estimate of drug-likeness (QED) is 0.940. The topological polar surface area (TPSA) is 74.8 Å². The molecule has 0 atom stereocenters. The molecule has 2 rings (SSSR count). The van der Waals surface area contributed by atoms with Gasteiger partial charge in [-0.3, -0.25) is 9.89 Å². The normalized spacial score (nSPS) is 11.7. The molecule has 1 amide bonds. The summed E-state index contributed by atoms with van der Waals surface area (Å²) < 4.78 is 0. The van der Waals surface area contributed by atoms with Gasteiger partial charge in [0.25, 0.3) is 5.91 Å². The van der Waals surface area contributed by atoms with E-state index in [9.17, 15) is 4.79 Å². The van der Waals surface area contributed by atoms with Crippen LogP contribution in [0.2, 0.25) is 0 Å². The van der Waals surface area contributed by atoms with Crippen molar-refractivity contribution >= 4 is 17.2 Å². The Hall–Kier alpha value is -1.76. The smallest absolute Gasteiger partial charge is 0.293 e. The molecule has 7 heteroatoms. The number of aromatic amines is 1. The lowest BCUT2D eigenvalue weighted by Crippen LogP contribution is -2.27. The fourth-order valence-corrected chi connectivity index (χ4v) is 2.26. The SMILES string of the molecule is Cc1nc(CN(C)C(=O)c2n[nH]c(C(C)(C)C)n2)cs1.